The quantitative estimate of drug-likeness (QED) is 0.730. The summed E-state index contributed by atoms with van der Waals surface area (Å²) in [5.41, 5.74) is 0.970. The molecule has 6 nitrogen and oxygen atoms in total. The van der Waals surface area contributed by atoms with Crippen LogP contribution in [0.3, 0.4) is 0 Å². The first-order valence-electron chi connectivity index (χ1n) is 7.03. The van der Waals surface area contributed by atoms with Crippen LogP contribution in [0.1, 0.15) is 19.8 Å². The Labute approximate surface area is 133 Å². The number of hydrogen-bond acceptors (Lipinski definition) is 6. The number of hydrogen-bond donors (Lipinski definition) is 0. The Morgan fingerprint density at radius 2 is 2.05 bits per heavy atom. The Morgan fingerprint density at radius 1 is 1.27 bits per heavy atom. The van der Waals surface area contributed by atoms with Crippen molar-refractivity contribution in [2.24, 2.45) is 5.92 Å². The zero-order valence-corrected chi connectivity index (χ0v) is 13.1. The Kier molecular flexibility index (Phi) is 5.93. The molecule has 22 heavy (non-hydrogen) atoms. The number of rotatable bonds is 7. The Balaban J connectivity index is 2.11. The van der Waals surface area contributed by atoms with Gasteiger partial charge in [-0.15, -0.1) is 10.2 Å². The van der Waals surface area contributed by atoms with Crippen molar-refractivity contribution in [1.29, 1.82) is 10.5 Å². The van der Waals surface area contributed by atoms with Crippen LogP contribution in [0.5, 0.6) is 0 Å². The van der Waals surface area contributed by atoms with Gasteiger partial charge in [0.25, 0.3) is 0 Å². The first-order chi connectivity index (χ1) is 10.8. The summed E-state index contributed by atoms with van der Waals surface area (Å²) in [6, 6.07) is 8.12. The molecule has 0 aliphatic heterocycles. The molecule has 2 aromatic heterocycles. The molecule has 0 aliphatic carbocycles. The minimum absolute atomic E-state index is 0.143. The van der Waals surface area contributed by atoms with E-state index in [0.717, 1.165) is 23.1 Å². The summed E-state index contributed by atoms with van der Waals surface area (Å²) < 4.78 is 2.03. The lowest BCUT2D eigenvalue weighted by Gasteiger charge is -2.09. The zero-order valence-electron chi connectivity index (χ0n) is 12.3. The van der Waals surface area contributed by atoms with Gasteiger partial charge < -0.3 is 4.57 Å². The molecule has 0 aliphatic rings. The number of nitriles is 2. The Bertz CT molecular complexity index is 682. The lowest BCUT2D eigenvalue weighted by Crippen LogP contribution is -2.04. The van der Waals surface area contributed by atoms with Gasteiger partial charge in [0.2, 0.25) is 0 Å². The third-order valence-electron chi connectivity index (χ3n) is 3.17. The highest BCUT2D eigenvalue weighted by molar-refractivity contribution is 7.99. The number of aromatic nitrogens is 4. The molecule has 0 saturated carbocycles. The fourth-order valence-corrected chi connectivity index (χ4v) is 3.06. The topological polar surface area (TPSA) is 91.2 Å². The average Bonchev–Trinajstić information content (AvgIpc) is 2.98. The highest BCUT2D eigenvalue weighted by atomic mass is 32.2. The van der Waals surface area contributed by atoms with Gasteiger partial charge in [-0.1, -0.05) is 11.8 Å². The van der Waals surface area contributed by atoms with E-state index in [1.54, 1.807) is 12.4 Å². The maximum atomic E-state index is 9.12. The first kappa shape index (κ1) is 16.0. The summed E-state index contributed by atoms with van der Waals surface area (Å²) in [4.78, 5) is 4.01. The SMILES string of the molecule is CCn1c(SC[C@H](C#N)CCC#N)nnc1-c1ccncc1. The molecular formula is C15H16N6S. The van der Waals surface area contributed by atoms with Gasteiger partial charge >= 0.3 is 0 Å². The average molecular weight is 312 g/mol. The second-order valence-corrected chi connectivity index (χ2v) is 5.61. The smallest absolute Gasteiger partial charge is 0.191 e. The van der Waals surface area contributed by atoms with Gasteiger partial charge in [0, 0.05) is 36.7 Å². The van der Waals surface area contributed by atoms with Crippen molar-refractivity contribution in [3.8, 4) is 23.5 Å². The molecule has 2 heterocycles. The van der Waals surface area contributed by atoms with Gasteiger partial charge in [-0.3, -0.25) is 4.98 Å². The minimum Gasteiger partial charge on any atom is -0.302 e. The van der Waals surface area contributed by atoms with Crippen LogP contribution < -0.4 is 0 Å². The van der Waals surface area contributed by atoms with E-state index in [9.17, 15) is 0 Å². The van der Waals surface area contributed by atoms with Crippen molar-refractivity contribution < 1.29 is 0 Å². The normalized spacial score (nSPS) is 11.6. The molecule has 2 rings (SSSR count). The van der Waals surface area contributed by atoms with Gasteiger partial charge in [-0.2, -0.15) is 10.5 Å². The minimum atomic E-state index is -0.143. The van der Waals surface area contributed by atoms with Gasteiger partial charge in [0.05, 0.1) is 18.1 Å². The lowest BCUT2D eigenvalue weighted by atomic mass is 10.1. The highest BCUT2D eigenvalue weighted by Crippen LogP contribution is 2.25. The highest BCUT2D eigenvalue weighted by Gasteiger charge is 2.15. The van der Waals surface area contributed by atoms with E-state index in [2.05, 4.69) is 27.3 Å². The van der Waals surface area contributed by atoms with Crippen LogP contribution in [0.4, 0.5) is 0 Å². The van der Waals surface area contributed by atoms with Crippen molar-refractivity contribution in [2.75, 3.05) is 5.75 Å². The molecule has 0 bridgehead atoms. The maximum Gasteiger partial charge on any atom is 0.191 e. The number of pyridine rings is 1. The molecule has 7 heteroatoms. The molecule has 0 unspecified atom stereocenters. The number of thioether (sulfide) groups is 1. The van der Waals surface area contributed by atoms with Crippen LogP contribution in [0.2, 0.25) is 0 Å². The summed E-state index contributed by atoms with van der Waals surface area (Å²) in [6.07, 6.45) is 4.45. The van der Waals surface area contributed by atoms with Crippen molar-refractivity contribution in [3.63, 3.8) is 0 Å². The van der Waals surface area contributed by atoms with Gasteiger partial charge in [0.15, 0.2) is 11.0 Å². The van der Waals surface area contributed by atoms with E-state index in [1.165, 1.54) is 11.8 Å². The molecule has 0 radical (unpaired) electrons. The fraction of sp³-hybridized carbons (Fsp3) is 0.400. The van der Waals surface area contributed by atoms with E-state index < -0.39 is 0 Å². The molecule has 0 aromatic carbocycles. The molecule has 112 valence electrons. The molecule has 2 aromatic rings. The molecule has 0 spiro atoms. The van der Waals surface area contributed by atoms with Crippen LogP contribution >= 0.6 is 11.8 Å². The van der Waals surface area contributed by atoms with Gasteiger partial charge in [-0.25, -0.2) is 0 Å². The van der Waals surface area contributed by atoms with Gasteiger partial charge in [-0.05, 0) is 25.5 Å². The summed E-state index contributed by atoms with van der Waals surface area (Å²) in [6.45, 7) is 2.79. The van der Waals surface area contributed by atoms with Crippen LogP contribution in [0.25, 0.3) is 11.4 Å². The van der Waals surface area contributed by atoms with E-state index in [1.807, 2.05) is 23.6 Å². The van der Waals surface area contributed by atoms with Crippen molar-refractivity contribution in [3.05, 3.63) is 24.5 Å². The fourth-order valence-electron chi connectivity index (χ4n) is 1.99. The van der Waals surface area contributed by atoms with Crippen LogP contribution in [0.15, 0.2) is 29.7 Å². The van der Waals surface area contributed by atoms with E-state index in [0.29, 0.717) is 18.6 Å². The summed E-state index contributed by atoms with van der Waals surface area (Å²) in [5, 5.41) is 27.0. The second-order valence-electron chi connectivity index (χ2n) is 4.62. The summed E-state index contributed by atoms with van der Waals surface area (Å²) in [7, 11) is 0. The van der Waals surface area contributed by atoms with Gasteiger partial charge in [0.1, 0.15) is 0 Å². The van der Waals surface area contributed by atoms with Crippen molar-refractivity contribution >= 4 is 11.8 Å². The monoisotopic (exact) mass is 312 g/mol. The lowest BCUT2D eigenvalue weighted by molar-refractivity contribution is 0.669. The van der Waals surface area contributed by atoms with Crippen molar-refractivity contribution in [2.45, 2.75) is 31.5 Å². The summed E-state index contributed by atoms with van der Waals surface area (Å²) in [5.74, 6) is 1.28. The molecule has 0 N–H and O–H groups in total. The molecule has 0 amide bonds. The first-order valence-corrected chi connectivity index (χ1v) is 8.01. The predicted octanol–water partition coefficient (Wildman–Crippen LogP) is 2.90. The maximum absolute atomic E-state index is 9.12. The van der Waals surface area contributed by atoms with E-state index in [-0.39, 0.29) is 5.92 Å². The Morgan fingerprint density at radius 3 is 2.68 bits per heavy atom. The number of nitrogens with zero attached hydrogens (tertiary/aromatic N) is 6. The van der Waals surface area contributed by atoms with Crippen LogP contribution in [-0.2, 0) is 6.54 Å². The second kappa shape index (κ2) is 8.16. The van der Waals surface area contributed by atoms with Crippen molar-refractivity contribution in [1.82, 2.24) is 19.7 Å². The molecular weight excluding hydrogens is 296 g/mol. The zero-order chi connectivity index (χ0) is 15.8. The molecule has 0 saturated heterocycles. The van der Waals surface area contributed by atoms with E-state index in [4.69, 9.17) is 10.5 Å². The van der Waals surface area contributed by atoms with Crippen LogP contribution in [-0.4, -0.2) is 25.5 Å². The van der Waals surface area contributed by atoms with Crippen LogP contribution in [0, 0.1) is 28.6 Å². The third-order valence-corrected chi connectivity index (χ3v) is 4.30. The summed E-state index contributed by atoms with van der Waals surface area (Å²) >= 11 is 1.51. The van der Waals surface area contributed by atoms with E-state index >= 15 is 0 Å². The third kappa shape index (κ3) is 3.84. The Hall–Kier alpha value is -2.38. The molecule has 1 atom stereocenters. The predicted molar refractivity (Wildman–Crippen MR) is 83.6 cm³/mol. The largest absolute Gasteiger partial charge is 0.302 e. The standard InChI is InChI=1S/C15H16N6S/c1-2-21-14(13-5-8-18-9-6-13)19-20-15(21)22-11-12(10-17)4-3-7-16/h5-6,8-9,12H,2-4,11H2,1H3/t12-/m0/s1. The molecule has 0 fully saturated rings.